The number of anilines is 1. The molecule has 0 spiro atoms. The van der Waals surface area contributed by atoms with Gasteiger partial charge in [0.2, 0.25) is 0 Å². The Morgan fingerprint density at radius 1 is 1.32 bits per heavy atom. The molecule has 0 saturated carbocycles. The molecule has 2 aromatic rings. The van der Waals surface area contributed by atoms with Gasteiger partial charge in [0.1, 0.15) is 0 Å². The van der Waals surface area contributed by atoms with E-state index in [0.29, 0.717) is 0 Å². The molecule has 0 radical (unpaired) electrons. The lowest BCUT2D eigenvalue weighted by Gasteiger charge is -2.27. The van der Waals surface area contributed by atoms with Crippen molar-refractivity contribution in [1.29, 1.82) is 0 Å². The number of benzene rings is 1. The average Bonchev–Trinajstić information content (AvgIpc) is 3.11. The zero-order chi connectivity index (χ0) is 17.5. The van der Waals surface area contributed by atoms with E-state index in [9.17, 15) is 9.18 Å². The van der Waals surface area contributed by atoms with Gasteiger partial charge in [0.25, 0.3) is 5.91 Å². The zero-order valence-electron chi connectivity index (χ0n) is 13.5. The summed E-state index contributed by atoms with van der Waals surface area (Å²) in [5.41, 5.74) is 2.37. The Balaban J connectivity index is 1.45. The van der Waals surface area contributed by atoms with Crippen LogP contribution in [0.2, 0.25) is 0 Å². The van der Waals surface area contributed by atoms with E-state index in [-0.39, 0.29) is 12.4 Å². The molecule has 1 aliphatic heterocycles. The Morgan fingerprint density at radius 3 is 2.92 bits per heavy atom. The highest BCUT2D eigenvalue weighted by Gasteiger charge is 2.12. The summed E-state index contributed by atoms with van der Waals surface area (Å²) in [6, 6.07) is 9.90. The minimum absolute atomic E-state index is 0.0371. The summed E-state index contributed by atoms with van der Waals surface area (Å²) in [6.45, 7) is 2.92. The van der Waals surface area contributed by atoms with Gasteiger partial charge in [-0.1, -0.05) is 12.1 Å². The quantitative estimate of drug-likeness (QED) is 0.632. The maximum absolute atomic E-state index is 13.4. The topological polar surface area (TPSA) is 63.2 Å². The first-order valence-electron chi connectivity index (χ1n) is 7.84. The highest BCUT2D eigenvalue weighted by molar-refractivity contribution is 7.17. The second kappa shape index (κ2) is 8.59. The van der Waals surface area contributed by atoms with E-state index < -0.39 is 11.7 Å². The third kappa shape index (κ3) is 5.01. The summed E-state index contributed by atoms with van der Waals surface area (Å²) in [6.07, 6.45) is 1.58. The second-order valence-corrected chi connectivity index (χ2v) is 6.38. The van der Waals surface area contributed by atoms with Gasteiger partial charge in [-0.05, 0) is 24.3 Å². The van der Waals surface area contributed by atoms with Crippen molar-refractivity contribution in [1.82, 2.24) is 5.43 Å². The van der Waals surface area contributed by atoms with Crippen LogP contribution in [-0.4, -0.2) is 45.0 Å². The van der Waals surface area contributed by atoms with Crippen LogP contribution in [0.4, 0.5) is 9.39 Å². The number of halogens is 1. The Kier molecular flexibility index (Phi) is 5.97. The smallest absolute Gasteiger partial charge is 0.277 e. The van der Waals surface area contributed by atoms with Crippen LogP contribution in [0.15, 0.2) is 41.5 Å². The van der Waals surface area contributed by atoms with Crippen molar-refractivity contribution < 1.29 is 18.7 Å². The minimum Gasteiger partial charge on any atom is -0.481 e. The minimum atomic E-state index is -0.506. The predicted octanol–water partition coefficient (Wildman–Crippen LogP) is 2.25. The van der Waals surface area contributed by atoms with Gasteiger partial charge in [-0.2, -0.15) is 5.10 Å². The van der Waals surface area contributed by atoms with Gasteiger partial charge in [-0.15, -0.1) is 11.3 Å². The van der Waals surface area contributed by atoms with Crippen molar-refractivity contribution in [3.8, 4) is 5.75 Å². The van der Waals surface area contributed by atoms with Crippen LogP contribution >= 0.6 is 11.3 Å². The van der Waals surface area contributed by atoms with Crippen LogP contribution in [0, 0.1) is 5.82 Å². The summed E-state index contributed by atoms with van der Waals surface area (Å²) in [5.74, 6) is -0.924. The molecule has 3 rings (SSSR count). The maximum Gasteiger partial charge on any atom is 0.277 e. The second-order valence-electron chi connectivity index (χ2n) is 5.29. The predicted molar refractivity (Wildman–Crippen MR) is 95.0 cm³/mol. The third-order valence-electron chi connectivity index (χ3n) is 3.51. The summed E-state index contributed by atoms with van der Waals surface area (Å²) in [5, 5.41) is 5.06. The molecule has 25 heavy (non-hydrogen) atoms. The number of carbonyl (C=O) groups is 1. The van der Waals surface area contributed by atoms with Crippen molar-refractivity contribution in [2.45, 2.75) is 0 Å². The molecule has 0 atom stereocenters. The molecule has 8 heteroatoms. The molecule has 1 N–H and O–H groups in total. The Hall–Kier alpha value is -2.45. The van der Waals surface area contributed by atoms with Gasteiger partial charge >= 0.3 is 0 Å². The number of ether oxygens (including phenoxy) is 2. The Labute approximate surface area is 148 Å². The van der Waals surface area contributed by atoms with Gasteiger partial charge in [0.05, 0.1) is 24.4 Å². The van der Waals surface area contributed by atoms with Gasteiger partial charge in [0.15, 0.2) is 18.2 Å². The molecule has 1 amide bonds. The van der Waals surface area contributed by atoms with Gasteiger partial charge < -0.3 is 14.4 Å². The van der Waals surface area contributed by atoms with Crippen LogP contribution in [0.3, 0.4) is 0 Å². The van der Waals surface area contributed by atoms with Crippen LogP contribution in [-0.2, 0) is 9.53 Å². The summed E-state index contributed by atoms with van der Waals surface area (Å²) in [4.78, 5) is 14.9. The zero-order valence-corrected chi connectivity index (χ0v) is 14.3. The number of rotatable bonds is 6. The molecular formula is C17H18FN3O3S. The lowest BCUT2D eigenvalue weighted by atomic mass is 10.3. The molecule has 1 aromatic heterocycles. The lowest BCUT2D eigenvalue weighted by molar-refractivity contribution is -0.123. The number of nitrogens with one attached hydrogen (secondary N) is 1. The Morgan fingerprint density at radius 2 is 2.12 bits per heavy atom. The number of carbonyl (C=O) groups excluding carboxylic acids is 1. The number of hydrogen-bond donors (Lipinski definition) is 1. The maximum atomic E-state index is 13.4. The number of para-hydroxylation sites is 1. The molecule has 0 unspecified atom stereocenters. The number of nitrogens with zero attached hydrogens (tertiary/aromatic N) is 2. The molecule has 6 nitrogen and oxygen atoms in total. The molecular weight excluding hydrogens is 345 g/mol. The first kappa shape index (κ1) is 17.4. The van der Waals surface area contributed by atoms with Gasteiger partial charge in [0, 0.05) is 18.0 Å². The summed E-state index contributed by atoms with van der Waals surface area (Å²) in [7, 11) is 0. The van der Waals surface area contributed by atoms with Crippen LogP contribution in [0.25, 0.3) is 0 Å². The van der Waals surface area contributed by atoms with Crippen molar-refractivity contribution in [2.75, 3.05) is 37.8 Å². The fourth-order valence-corrected chi connectivity index (χ4v) is 3.20. The standard InChI is InChI=1S/C17H18FN3O3S/c18-14-3-1-2-4-15(14)24-12-16(22)20-19-11-13-5-6-17(25-13)21-7-9-23-10-8-21/h1-6,11H,7-10,12H2,(H,20,22)/b19-11+. The highest BCUT2D eigenvalue weighted by Crippen LogP contribution is 2.25. The first-order valence-corrected chi connectivity index (χ1v) is 8.66. The fraction of sp³-hybridized carbons (Fsp3) is 0.294. The van der Waals surface area contributed by atoms with Crippen molar-refractivity contribution in [3.05, 3.63) is 47.1 Å². The molecule has 1 fully saturated rings. The van der Waals surface area contributed by atoms with E-state index in [2.05, 4.69) is 15.4 Å². The largest absolute Gasteiger partial charge is 0.481 e. The van der Waals surface area contributed by atoms with E-state index in [4.69, 9.17) is 9.47 Å². The van der Waals surface area contributed by atoms with Crippen molar-refractivity contribution in [2.24, 2.45) is 5.10 Å². The average molecular weight is 363 g/mol. The van der Waals surface area contributed by atoms with Gasteiger partial charge in [-0.3, -0.25) is 4.79 Å². The summed E-state index contributed by atoms with van der Waals surface area (Å²) < 4.78 is 23.8. The van der Waals surface area contributed by atoms with E-state index in [1.807, 2.05) is 12.1 Å². The lowest BCUT2D eigenvalue weighted by Crippen LogP contribution is -2.35. The molecule has 1 aromatic carbocycles. The Bertz CT molecular complexity index is 744. The van der Waals surface area contributed by atoms with Crippen LogP contribution < -0.4 is 15.1 Å². The van der Waals surface area contributed by atoms with Crippen molar-refractivity contribution in [3.63, 3.8) is 0 Å². The highest BCUT2D eigenvalue weighted by atomic mass is 32.1. The number of amides is 1. The normalized spacial score (nSPS) is 14.7. The SMILES string of the molecule is O=C(COc1ccccc1F)N/N=C/c1ccc(N2CCOCC2)s1. The van der Waals surface area contributed by atoms with E-state index in [1.54, 1.807) is 29.7 Å². The molecule has 132 valence electrons. The van der Waals surface area contributed by atoms with Gasteiger partial charge in [-0.25, -0.2) is 9.82 Å². The number of morpholine rings is 1. The van der Waals surface area contributed by atoms with Crippen LogP contribution in [0.1, 0.15) is 4.88 Å². The van der Waals surface area contributed by atoms with Crippen LogP contribution in [0.5, 0.6) is 5.75 Å². The summed E-state index contributed by atoms with van der Waals surface area (Å²) >= 11 is 1.59. The number of thiophene rings is 1. The molecule has 1 saturated heterocycles. The monoisotopic (exact) mass is 363 g/mol. The molecule has 1 aliphatic rings. The van der Waals surface area contributed by atoms with Crippen molar-refractivity contribution >= 4 is 28.5 Å². The number of hydrazone groups is 1. The first-order chi connectivity index (χ1) is 12.2. The number of hydrogen-bond acceptors (Lipinski definition) is 6. The fourth-order valence-electron chi connectivity index (χ4n) is 2.27. The van der Waals surface area contributed by atoms with E-state index >= 15 is 0 Å². The van der Waals surface area contributed by atoms with E-state index in [1.165, 1.54) is 12.1 Å². The molecule has 2 heterocycles. The molecule has 0 aliphatic carbocycles. The third-order valence-corrected chi connectivity index (χ3v) is 4.59. The molecule has 0 bridgehead atoms. The van der Waals surface area contributed by atoms with E-state index in [0.717, 1.165) is 36.2 Å².